The molecule has 0 aliphatic heterocycles. The number of hydrogen-bond acceptors (Lipinski definition) is 2. The Labute approximate surface area is 116 Å². The van der Waals surface area contributed by atoms with Crippen LogP contribution in [0, 0.1) is 6.92 Å². The lowest BCUT2D eigenvalue weighted by Gasteiger charge is -2.28. The van der Waals surface area contributed by atoms with Crippen molar-refractivity contribution in [2.45, 2.75) is 45.6 Å². The molecule has 0 unspecified atom stereocenters. The van der Waals surface area contributed by atoms with Gasteiger partial charge >= 0.3 is 0 Å². The van der Waals surface area contributed by atoms with E-state index >= 15 is 0 Å². The molecule has 1 saturated carbocycles. The minimum atomic E-state index is 0.166. The van der Waals surface area contributed by atoms with Gasteiger partial charge in [0.1, 0.15) is 0 Å². The molecule has 2 rings (SSSR count). The van der Waals surface area contributed by atoms with Crippen LogP contribution in [0.25, 0.3) is 0 Å². The van der Waals surface area contributed by atoms with E-state index in [0.29, 0.717) is 6.04 Å². The van der Waals surface area contributed by atoms with E-state index in [1.807, 2.05) is 37.1 Å². The Morgan fingerprint density at radius 1 is 1.37 bits per heavy atom. The number of aryl methyl sites for hydroxylation is 1. The van der Waals surface area contributed by atoms with E-state index in [0.717, 1.165) is 30.6 Å². The van der Waals surface area contributed by atoms with E-state index in [9.17, 15) is 4.79 Å². The first-order valence-corrected chi connectivity index (χ1v) is 7.26. The lowest BCUT2D eigenvalue weighted by atomic mass is 10.1. The van der Waals surface area contributed by atoms with E-state index in [2.05, 4.69) is 12.2 Å². The van der Waals surface area contributed by atoms with Crippen molar-refractivity contribution in [3.63, 3.8) is 0 Å². The van der Waals surface area contributed by atoms with Crippen LogP contribution in [-0.2, 0) is 0 Å². The van der Waals surface area contributed by atoms with Gasteiger partial charge in [0.25, 0.3) is 5.91 Å². The second-order valence-corrected chi connectivity index (χ2v) is 5.33. The van der Waals surface area contributed by atoms with Crippen LogP contribution in [0.5, 0.6) is 0 Å². The normalized spacial score (nSPS) is 15.5. The molecule has 0 aromatic heterocycles. The maximum absolute atomic E-state index is 12.7. The highest BCUT2D eigenvalue weighted by Gasteiger charge is 2.27. The van der Waals surface area contributed by atoms with Crippen LogP contribution >= 0.6 is 0 Å². The van der Waals surface area contributed by atoms with E-state index in [4.69, 9.17) is 0 Å². The van der Waals surface area contributed by atoms with Crippen LogP contribution in [0.2, 0.25) is 0 Å². The first-order valence-electron chi connectivity index (χ1n) is 7.26. The quantitative estimate of drug-likeness (QED) is 0.899. The maximum Gasteiger partial charge on any atom is 0.256 e. The third kappa shape index (κ3) is 2.91. The molecule has 0 spiro atoms. The zero-order valence-corrected chi connectivity index (χ0v) is 12.2. The number of carbonyl (C=O) groups excluding carboxylic acids is 1. The van der Waals surface area contributed by atoms with Crippen LogP contribution < -0.4 is 5.32 Å². The highest BCUT2D eigenvalue weighted by atomic mass is 16.2. The predicted octanol–water partition coefficient (Wildman–Crippen LogP) is 3.44. The molecule has 104 valence electrons. The minimum absolute atomic E-state index is 0.166. The zero-order valence-electron chi connectivity index (χ0n) is 12.2. The third-order valence-electron chi connectivity index (χ3n) is 4.04. The van der Waals surface area contributed by atoms with Gasteiger partial charge in [-0.3, -0.25) is 4.79 Å². The fourth-order valence-corrected chi connectivity index (χ4v) is 2.99. The third-order valence-corrected chi connectivity index (χ3v) is 4.04. The summed E-state index contributed by atoms with van der Waals surface area (Å²) in [5.41, 5.74) is 2.90. The van der Waals surface area contributed by atoms with Crippen molar-refractivity contribution in [2.75, 3.05) is 18.9 Å². The summed E-state index contributed by atoms with van der Waals surface area (Å²) in [6.45, 7) is 4.91. The van der Waals surface area contributed by atoms with Crippen molar-refractivity contribution in [1.29, 1.82) is 0 Å². The number of amides is 1. The Hall–Kier alpha value is -1.51. The van der Waals surface area contributed by atoms with E-state index < -0.39 is 0 Å². The van der Waals surface area contributed by atoms with E-state index in [1.54, 1.807) is 0 Å². The molecule has 0 saturated heterocycles. The number of benzene rings is 1. The van der Waals surface area contributed by atoms with Crippen LogP contribution in [0.3, 0.4) is 0 Å². The molecule has 1 N–H and O–H groups in total. The largest absolute Gasteiger partial charge is 0.387 e. The number of anilines is 1. The molecule has 1 amide bonds. The van der Waals surface area contributed by atoms with Gasteiger partial charge in [-0.2, -0.15) is 0 Å². The van der Waals surface area contributed by atoms with Crippen molar-refractivity contribution in [3.8, 4) is 0 Å². The van der Waals surface area contributed by atoms with Crippen LogP contribution in [0.4, 0.5) is 5.69 Å². The van der Waals surface area contributed by atoms with Crippen molar-refractivity contribution in [1.82, 2.24) is 4.90 Å². The van der Waals surface area contributed by atoms with Gasteiger partial charge in [-0.05, 0) is 44.4 Å². The average molecular weight is 260 g/mol. The van der Waals surface area contributed by atoms with Gasteiger partial charge in [-0.25, -0.2) is 0 Å². The van der Waals surface area contributed by atoms with Gasteiger partial charge in [-0.15, -0.1) is 0 Å². The van der Waals surface area contributed by atoms with Gasteiger partial charge in [0.05, 0.1) is 5.56 Å². The van der Waals surface area contributed by atoms with Crippen LogP contribution in [0.15, 0.2) is 18.2 Å². The lowest BCUT2D eigenvalue weighted by molar-refractivity contribution is 0.0694. The molecule has 1 aromatic carbocycles. The van der Waals surface area contributed by atoms with Gasteiger partial charge in [0.15, 0.2) is 0 Å². The zero-order chi connectivity index (χ0) is 13.8. The summed E-state index contributed by atoms with van der Waals surface area (Å²) in [5, 5.41) is 3.14. The first kappa shape index (κ1) is 13.9. The summed E-state index contributed by atoms with van der Waals surface area (Å²) in [7, 11) is 1.87. The van der Waals surface area contributed by atoms with E-state index in [1.165, 1.54) is 18.4 Å². The summed E-state index contributed by atoms with van der Waals surface area (Å²) in [6, 6.07) is 6.43. The summed E-state index contributed by atoms with van der Waals surface area (Å²) in [6.07, 6.45) is 4.81. The van der Waals surface area contributed by atoms with Gasteiger partial charge in [-0.1, -0.05) is 18.9 Å². The Balaban J connectivity index is 2.26. The predicted molar refractivity (Wildman–Crippen MR) is 79.7 cm³/mol. The smallest absolute Gasteiger partial charge is 0.256 e. The van der Waals surface area contributed by atoms with Crippen molar-refractivity contribution in [2.24, 2.45) is 0 Å². The molecule has 0 radical (unpaired) electrons. The number of nitrogens with zero attached hydrogens (tertiary/aromatic N) is 1. The highest BCUT2D eigenvalue weighted by Crippen LogP contribution is 2.26. The van der Waals surface area contributed by atoms with Crippen molar-refractivity contribution < 1.29 is 4.79 Å². The molecule has 3 heteroatoms. The highest BCUT2D eigenvalue weighted by molar-refractivity contribution is 5.99. The Morgan fingerprint density at radius 2 is 2.05 bits per heavy atom. The molecular formula is C16H24N2O. The monoisotopic (exact) mass is 260 g/mol. The lowest BCUT2D eigenvalue weighted by Crippen LogP contribution is -2.38. The van der Waals surface area contributed by atoms with Crippen LogP contribution in [-0.4, -0.2) is 30.4 Å². The number of hydrogen-bond donors (Lipinski definition) is 1. The summed E-state index contributed by atoms with van der Waals surface area (Å²) < 4.78 is 0. The second-order valence-electron chi connectivity index (χ2n) is 5.33. The summed E-state index contributed by atoms with van der Waals surface area (Å²) in [5.74, 6) is 0.166. The Morgan fingerprint density at radius 3 is 2.63 bits per heavy atom. The van der Waals surface area contributed by atoms with Crippen molar-refractivity contribution in [3.05, 3.63) is 29.3 Å². The molecule has 0 atom stereocenters. The molecule has 19 heavy (non-hydrogen) atoms. The molecule has 0 bridgehead atoms. The molecule has 1 fully saturated rings. The van der Waals surface area contributed by atoms with Gasteiger partial charge in [0.2, 0.25) is 0 Å². The summed E-state index contributed by atoms with van der Waals surface area (Å²) in [4.78, 5) is 14.8. The number of rotatable bonds is 4. The Bertz CT molecular complexity index is 450. The second kappa shape index (κ2) is 6.09. The fourth-order valence-electron chi connectivity index (χ4n) is 2.99. The molecule has 1 aromatic rings. The van der Waals surface area contributed by atoms with Crippen LogP contribution in [0.1, 0.15) is 48.5 Å². The summed E-state index contributed by atoms with van der Waals surface area (Å²) >= 11 is 0. The van der Waals surface area contributed by atoms with Crippen molar-refractivity contribution >= 4 is 11.6 Å². The molecular weight excluding hydrogens is 236 g/mol. The molecule has 1 aliphatic carbocycles. The molecule has 1 aliphatic rings. The standard InChI is InChI=1S/C16H24N2O/c1-4-18(13-7-5-6-8-13)16(19)14-10-9-12(2)11-15(14)17-3/h9-11,13,17H,4-8H2,1-3H3. The topological polar surface area (TPSA) is 32.3 Å². The van der Waals surface area contributed by atoms with Gasteiger partial charge in [0, 0.05) is 25.3 Å². The van der Waals surface area contributed by atoms with Gasteiger partial charge < -0.3 is 10.2 Å². The SMILES string of the molecule is CCN(C(=O)c1ccc(C)cc1NC)C1CCCC1. The Kier molecular flexibility index (Phi) is 4.46. The molecule has 3 nitrogen and oxygen atoms in total. The number of carbonyl (C=O) groups is 1. The fraction of sp³-hybridized carbons (Fsp3) is 0.562. The first-order chi connectivity index (χ1) is 9.17. The van der Waals surface area contributed by atoms with E-state index in [-0.39, 0.29) is 5.91 Å². The maximum atomic E-state index is 12.7. The molecule has 0 heterocycles. The number of nitrogens with one attached hydrogen (secondary N) is 1. The minimum Gasteiger partial charge on any atom is -0.387 e. The average Bonchev–Trinajstić information content (AvgIpc) is 2.93.